The predicted octanol–water partition coefficient (Wildman–Crippen LogP) is 4.98. The van der Waals surface area contributed by atoms with Gasteiger partial charge in [0, 0.05) is 6.42 Å². The van der Waals surface area contributed by atoms with Crippen molar-refractivity contribution < 1.29 is 4.79 Å². The first kappa shape index (κ1) is 17.3. The number of hydrogen-bond acceptors (Lipinski definition) is 1. The fourth-order valence-electron chi connectivity index (χ4n) is 3.17. The maximum absolute atomic E-state index is 10.9. The Balaban J connectivity index is 1.84. The van der Waals surface area contributed by atoms with Gasteiger partial charge in [0.2, 0.25) is 5.91 Å². The molecule has 0 bridgehead atoms. The molecule has 0 saturated heterocycles. The van der Waals surface area contributed by atoms with Gasteiger partial charge in [0.05, 0.1) is 0 Å². The van der Waals surface area contributed by atoms with Crippen LogP contribution in [0.1, 0.15) is 84.0 Å². The number of nitrogens with two attached hydrogens (primary N) is 1. The Morgan fingerprint density at radius 1 is 0.950 bits per heavy atom. The molecule has 2 N–H and O–H groups in total. The van der Waals surface area contributed by atoms with Crippen molar-refractivity contribution in [2.24, 2.45) is 17.6 Å². The number of hydrogen-bond donors (Lipinski definition) is 1. The Kier molecular flexibility index (Phi) is 8.64. The molecule has 0 unspecified atom stereocenters. The molecule has 0 aromatic rings. The van der Waals surface area contributed by atoms with Crippen LogP contribution in [0.25, 0.3) is 0 Å². The first-order valence-electron chi connectivity index (χ1n) is 8.63. The lowest BCUT2D eigenvalue weighted by Crippen LogP contribution is -2.11. The summed E-state index contributed by atoms with van der Waals surface area (Å²) in [6.45, 7) is 6.31. The van der Waals surface area contributed by atoms with E-state index in [9.17, 15) is 4.79 Å². The Morgan fingerprint density at radius 3 is 1.95 bits per heavy atom. The van der Waals surface area contributed by atoms with Crippen molar-refractivity contribution in [2.45, 2.75) is 84.0 Å². The lowest BCUT2D eigenvalue weighted by Gasteiger charge is -2.02. The van der Waals surface area contributed by atoms with E-state index in [4.69, 9.17) is 5.73 Å². The zero-order valence-electron chi connectivity index (χ0n) is 13.3. The summed E-state index contributed by atoms with van der Waals surface area (Å²) in [5, 5.41) is 0. The maximum atomic E-state index is 10.9. The lowest BCUT2D eigenvalue weighted by molar-refractivity contribution is -0.118. The van der Waals surface area contributed by atoms with Crippen LogP contribution in [-0.4, -0.2) is 5.91 Å². The van der Waals surface area contributed by atoms with Gasteiger partial charge in [-0.2, -0.15) is 0 Å². The standard InChI is InChI=1S/C18H33NO/c1-3-4-5-6-7-8-9-10-11-12-13-16-15(2)17(16)14-18(19)20/h16-17H,2-14H2,1H3,(H2,19,20)/t16-,17+/m1/s1. The number of primary amides is 1. The molecule has 2 atom stereocenters. The molecule has 0 heterocycles. The van der Waals surface area contributed by atoms with Crippen molar-refractivity contribution in [1.82, 2.24) is 0 Å². The van der Waals surface area contributed by atoms with Crippen LogP contribution in [0.3, 0.4) is 0 Å². The van der Waals surface area contributed by atoms with Crippen molar-refractivity contribution in [3.8, 4) is 0 Å². The molecule has 0 aliphatic heterocycles. The van der Waals surface area contributed by atoms with Crippen molar-refractivity contribution in [3.05, 3.63) is 12.2 Å². The fourth-order valence-corrected chi connectivity index (χ4v) is 3.17. The molecule has 2 heteroatoms. The van der Waals surface area contributed by atoms with Crippen molar-refractivity contribution in [3.63, 3.8) is 0 Å². The van der Waals surface area contributed by atoms with Gasteiger partial charge in [-0.15, -0.1) is 0 Å². The Labute approximate surface area is 125 Å². The second-order valence-electron chi connectivity index (χ2n) is 6.43. The van der Waals surface area contributed by atoms with Gasteiger partial charge < -0.3 is 5.73 Å². The third kappa shape index (κ3) is 7.12. The summed E-state index contributed by atoms with van der Waals surface area (Å²) in [4.78, 5) is 10.9. The number of carbonyl (C=O) groups excluding carboxylic acids is 1. The summed E-state index contributed by atoms with van der Waals surface area (Å²) < 4.78 is 0. The predicted molar refractivity (Wildman–Crippen MR) is 86.4 cm³/mol. The van der Waals surface area contributed by atoms with Crippen LogP contribution in [0, 0.1) is 11.8 Å². The number of carbonyl (C=O) groups is 1. The number of allylic oxidation sites excluding steroid dienone is 1. The minimum absolute atomic E-state index is 0.179. The fraction of sp³-hybridized carbons (Fsp3) is 0.833. The highest BCUT2D eigenvalue weighted by Gasteiger charge is 2.41. The first-order chi connectivity index (χ1) is 9.66. The minimum atomic E-state index is -0.179. The molecule has 0 radical (unpaired) electrons. The van der Waals surface area contributed by atoms with Gasteiger partial charge in [0.25, 0.3) is 0 Å². The van der Waals surface area contributed by atoms with E-state index in [1.165, 1.54) is 76.2 Å². The lowest BCUT2D eigenvalue weighted by atomic mass is 10.0. The van der Waals surface area contributed by atoms with Crippen LogP contribution in [0.2, 0.25) is 0 Å². The molecule has 1 fully saturated rings. The summed E-state index contributed by atoms with van der Waals surface area (Å²) in [5.74, 6) is 0.823. The van der Waals surface area contributed by atoms with E-state index < -0.39 is 0 Å². The summed E-state index contributed by atoms with van der Waals surface area (Å²) in [6.07, 6.45) is 15.5. The molecule has 20 heavy (non-hydrogen) atoms. The topological polar surface area (TPSA) is 43.1 Å². The second-order valence-corrected chi connectivity index (χ2v) is 6.43. The molecule has 0 aromatic heterocycles. The van der Waals surface area contributed by atoms with Gasteiger partial charge in [-0.3, -0.25) is 4.79 Å². The minimum Gasteiger partial charge on any atom is -0.370 e. The van der Waals surface area contributed by atoms with E-state index in [1.54, 1.807) is 0 Å². The highest BCUT2D eigenvalue weighted by atomic mass is 16.1. The molecule has 1 amide bonds. The van der Waals surface area contributed by atoms with Gasteiger partial charge in [-0.25, -0.2) is 0 Å². The molecule has 1 rings (SSSR count). The van der Waals surface area contributed by atoms with Gasteiger partial charge in [0.15, 0.2) is 0 Å². The Morgan fingerprint density at radius 2 is 1.45 bits per heavy atom. The molecular weight excluding hydrogens is 246 g/mol. The molecule has 1 aliphatic rings. The highest BCUT2D eigenvalue weighted by molar-refractivity contribution is 5.75. The number of rotatable bonds is 13. The zero-order valence-corrected chi connectivity index (χ0v) is 13.3. The van der Waals surface area contributed by atoms with Crippen LogP contribution in [0.15, 0.2) is 12.2 Å². The molecule has 116 valence electrons. The summed E-state index contributed by atoms with van der Waals surface area (Å²) in [5.41, 5.74) is 6.49. The van der Waals surface area contributed by atoms with Gasteiger partial charge in [0.1, 0.15) is 0 Å². The van der Waals surface area contributed by atoms with E-state index in [0.717, 1.165) is 0 Å². The third-order valence-corrected chi connectivity index (χ3v) is 4.62. The Hall–Kier alpha value is -0.790. The molecule has 0 aromatic carbocycles. The molecule has 1 aliphatic carbocycles. The summed E-state index contributed by atoms with van der Waals surface area (Å²) >= 11 is 0. The van der Waals surface area contributed by atoms with Crippen LogP contribution in [0.4, 0.5) is 0 Å². The smallest absolute Gasteiger partial charge is 0.218 e. The largest absolute Gasteiger partial charge is 0.370 e. The van der Waals surface area contributed by atoms with Gasteiger partial charge in [-0.05, 0) is 18.3 Å². The second kappa shape index (κ2) is 10.0. The molecule has 1 saturated carbocycles. The van der Waals surface area contributed by atoms with E-state index in [1.807, 2.05) is 0 Å². The van der Waals surface area contributed by atoms with Crippen molar-refractivity contribution in [1.29, 1.82) is 0 Å². The number of unbranched alkanes of at least 4 members (excludes halogenated alkanes) is 9. The van der Waals surface area contributed by atoms with E-state index in [-0.39, 0.29) is 5.91 Å². The zero-order chi connectivity index (χ0) is 14.8. The van der Waals surface area contributed by atoms with Crippen LogP contribution >= 0.6 is 0 Å². The van der Waals surface area contributed by atoms with Crippen LogP contribution in [0.5, 0.6) is 0 Å². The maximum Gasteiger partial charge on any atom is 0.218 e. The summed E-state index contributed by atoms with van der Waals surface area (Å²) in [6, 6.07) is 0. The quantitative estimate of drug-likeness (QED) is 0.375. The Bertz CT molecular complexity index is 298. The highest BCUT2D eigenvalue weighted by Crippen LogP contribution is 2.49. The van der Waals surface area contributed by atoms with Gasteiger partial charge >= 0.3 is 0 Å². The van der Waals surface area contributed by atoms with Crippen LogP contribution in [-0.2, 0) is 4.79 Å². The average Bonchev–Trinajstić information content (AvgIpc) is 3.00. The normalized spacial score (nSPS) is 21.1. The van der Waals surface area contributed by atoms with Gasteiger partial charge in [-0.1, -0.05) is 83.3 Å². The van der Waals surface area contributed by atoms with E-state index in [0.29, 0.717) is 18.3 Å². The van der Waals surface area contributed by atoms with Crippen molar-refractivity contribution in [2.75, 3.05) is 0 Å². The molecule has 0 spiro atoms. The SMILES string of the molecule is C=C1[C@@H](CCCCCCCCCCCC)[C@H]1CC(N)=O. The molecular formula is C18H33NO. The average molecular weight is 279 g/mol. The third-order valence-electron chi connectivity index (χ3n) is 4.62. The van der Waals surface area contributed by atoms with E-state index in [2.05, 4.69) is 13.5 Å². The van der Waals surface area contributed by atoms with E-state index >= 15 is 0 Å². The summed E-state index contributed by atoms with van der Waals surface area (Å²) in [7, 11) is 0. The van der Waals surface area contributed by atoms with Crippen molar-refractivity contribution >= 4 is 5.91 Å². The van der Waals surface area contributed by atoms with Crippen LogP contribution < -0.4 is 5.73 Å². The number of amides is 1. The monoisotopic (exact) mass is 279 g/mol. The molecule has 2 nitrogen and oxygen atoms in total. The first-order valence-corrected chi connectivity index (χ1v) is 8.63.